The number of halogens is 2. The van der Waals surface area contributed by atoms with Crippen LogP contribution < -0.4 is 4.72 Å². The van der Waals surface area contributed by atoms with Crippen molar-refractivity contribution in [1.29, 1.82) is 0 Å². The minimum atomic E-state index is -3.61. The predicted octanol–water partition coefficient (Wildman–Crippen LogP) is 4.21. The number of anilines is 1. The largest absolute Gasteiger partial charge is 0.280 e. The highest BCUT2D eigenvalue weighted by Crippen LogP contribution is 2.25. The molecule has 1 N–H and O–H groups in total. The highest BCUT2D eigenvalue weighted by atomic mass is 79.9. The Labute approximate surface area is 125 Å². The number of sulfonamides is 1. The molecular formula is C13H11BrClNO2S. The van der Waals surface area contributed by atoms with E-state index in [1.54, 1.807) is 42.5 Å². The lowest BCUT2D eigenvalue weighted by Gasteiger charge is -2.10. The average molecular weight is 361 g/mol. The molecule has 6 heteroatoms. The highest BCUT2D eigenvalue weighted by Gasteiger charge is 2.17. The van der Waals surface area contributed by atoms with Crippen molar-refractivity contribution in [3.63, 3.8) is 0 Å². The molecule has 0 atom stereocenters. The topological polar surface area (TPSA) is 46.2 Å². The third-order valence-corrected chi connectivity index (χ3v) is 5.08. The number of rotatable bonds is 3. The van der Waals surface area contributed by atoms with Crippen molar-refractivity contribution in [3.05, 3.63) is 57.5 Å². The molecule has 0 aliphatic carbocycles. The van der Waals surface area contributed by atoms with Gasteiger partial charge in [0.25, 0.3) is 10.0 Å². The Balaban J connectivity index is 2.35. The molecule has 0 aliphatic rings. The maximum atomic E-state index is 12.2. The molecule has 0 saturated heterocycles. The number of hydrogen-bond acceptors (Lipinski definition) is 2. The van der Waals surface area contributed by atoms with Crippen LogP contribution in [0, 0.1) is 6.92 Å². The van der Waals surface area contributed by atoms with Gasteiger partial charge in [-0.2, -0.15) is 0 Å². The molecule has 2 aromatic rings. The molecule has 100 valence electrons. The summed E-state index contributed by atoms with van der Waals surface area (Å²) in [5, 5.41) is 0.555. The average Bonchev–Trinajstić information content (AvgIpc) is 2.31. The molecule has 0 saturated carbocycles. The number of nitrogens with one attached hydrogen (secondary N) is 1. The minimum absolute atomic E-state index is 0.202. The van der Waals surface area contributed by atoms with E-state index < -0.39 is 10.0 Å². The van der Waals surface area contributed by atoms with E-state index in [4.69, 9.17) is 11.6 Å². The first-order chi connectivity index (χ1) is 8.88. The fraction of sp³-hybridized carbons (Fsp3) is 0.0769. The van der Waals surface area contributed by atoms with Gasteiger partial charge in [-0.3, -0.25) is 4.72 Å². The van der Waals surface area contributed by atoms with Crippen molar-refractivity contribution in [1.82, 2.24) is 0 Å². The molecule has 0 amide bonds. The second-order valence-corrected chi connectivity index (χ2v) is 6.99. The number of benzene rings is 2. The first-order valence-corrected chi connectivity index (χ1v) is 8.08. The summed E-state index contributed by atoms with van der Waals surface area (Å²) >= 11 is 9.03. The van der Waals surface area contributed by atoms with Crippen LogP contribution in [-0.2, 0) is 10.0 Å². The molecule has 0 fully saturated rings. The molecule has 0 aromatic heterocycles. The molecule has 0 aliphatic heterocycles. The number of aryl methyl sites for hydroxylation is 1. The monoisotopic (exact) mass is 359 g/mol. The molecule has 3 nitrogen and oxygen atoms in total. The van der Waals surface area contributed by atoms with Crippen molar-refractivity contribution in [3.8, 4) is 0 Å². The van der Waals surface area contributed by atoms with E-state index in [1.807, 2.05) is 6.92 Å². The van der Waals surface area contributed by atoms with Crippen molar-refractivity contribution < 1.29 is 8.42 Å². The summed E-state index contributed by atoms with van der Waals surface area (Å²) in [4.78, 5) is 0.202. The van der Waals surface area contributed by atoms with Crippen LogP contribution in [0.5, 0.6) is 0 Å². The summed E-state index contributed by atoms with van der Waals surface area (Å²) in [5.41, 5.74) is 1.45. The Kier molecular flexibility index (Phi) is 4.18. The second kappa shape index (κ2) is 5.53. The van der Waals surface area contributed by atoms with Crippen LogP contribution in [0.25, 0.3) is 0 Å². The van der Waals surface area contributed by atoms with Crippen LogP contribution in [0.15, 0.2) is 51.8 Å². The Bertz CT molecular complexity index is 699. The maximum Gasteiger partial charge on any atom is 0.263 e. The van der Waals surface area contributed by atoms with Crippen molar-refractivity contribution in [2.75, 3.05) is 4.72 Å². The molecule has 0 unspecified atom stereocenters. The second-order valence-electron chi connectivity index (χ2n) is 4.05. The smallest absolute Gasteiger partial charge is 0.263 e. The minimum Gasteiger partial charge on any atom is -0.280 e. The van der Waals surface area contributed by atoms with Crippen molar-refractivity contribution in [2.24, 2.45) is 0 Å². The Morgan fingerprint density at radius 2 is 1.74 bits per heavy atom. The summed E-state index contributed by atoms with van der Waals surface area (Å²) in [7, 11) is -3.61. The van der Waals surface area contributed by atoms with Crippen molar-refractivity contribution >= 4 is 43.2 Å². The van der Waals surface area contributed by atoms with E-state index in [-0.39, 0.29) is 4.90 Å². The SMILES string of the molecule is Cc1ccc(S(=O)(=O)Nc2ccc(Cl)cc2)c(Br)c1. The Hall–Kier alpha value is -1.04. The van der Waals surface area contributed by atoms with Gasteiger partial charge in [0.2, 0.25) is 0 Å². The Morgan fingerprint density at radius 1 is 1.11 bits per heavy atom. The first kappa shape index (κ1) is 14.4. The van der Waals surface area contributed by atoms with Gasteiger partial charge >= 0.3 is 0 Å². The molecular weight excluding hydrogens is 350 g/mol. The van der Waals surface area contributed by atoms with Crippen LogP contribution >= 0.6 is 27.5 Å². The zero-order chi connectivity index (χ0) is 14.0. The quantitative estimate of drug-likeness (QED) is 0.891. The van der Waals surface area contributed by atoms with Gasteiger partial charge in [-0.25, -0.2) is 8.42 Å². The third-order valence-electron chi connectivity index (χ3n) is 2.47. The lowest BCUT2D eigenvalue weighted by atomic mass is 10.2. The zero-order valence-corrected chi connectivity index (χ0v) is 13.2. The van der Waals surface area contributed by atoms with Gasteiger partial charge in [-0.1, -0.05) is 17.7 Å². The van der Waals surface area contributed by atoms with E-state index in [0.29, 0.717) is 15.2 Å². The fourth-order valence-electron chi connectivity index (χ4n) is 1.55. The van der Waals surface area contributed by atoms with Crippen LogP contribution in [0.1, 0.15) is 5.56 Å². The van der Waals surface area contributed by atoms with Gasteiger partial charge in [0.1, 0.15) is 4.90 Å². The van der Waals surface area contributed by atoms with Crippen LogP contribution in [0.4, 0.5) is 5.69 Å². The van der Waals surface area contributed by atoms with Crippen LogP contribution in [-0.4, -0.2) is 8.42 Å². The van der Waals surface area contributed by atoms with Crippen LogP contribution in [0.2, 0.25) is 5.02 Å². The Morgan fingerprint density at radius 3 is 2.32 bits per heavy atom. The van der Waals surface area contributed by atoms with Gasteiger partial charge in [-0.05, 0) is 64.8 Å². The van der Waals surface area contributed by atoms with E-state index in [9.17, 15) is 8.42 Å². The maximum absolute atomic E-state index is 12.2. The zero-order valence-electron chi connectivity index (χ0n) is 10.0. The molecule has 0 bridgehead atoms. The lowest BCUT2D eigenvalue weighted by molar-refractivity contribution is 0.600. The summed E-state index contributed by atoms with van der Waals surface area (Å²) < 4.78 is 27.5. The summed E-state index contributed by atoms with van der Waals surface area (Å²) in [6.07, 6.45) is 0. The molecule has 2 aromatic carbocycles. The van der Waals surface area contributed by atoms with Gasteiger partial charge in [-0.15, -0.1) is 0 Å². The molecule has 0 heterocycles. The predicted molar refractivity (Wildman–Crippen MR) is 81.1 cm³/mol. The van der Waals surface area contributed by atoms with Crippen molar-refractivity contribution in [2.45, 2.75) is 11.8 Å². The molecule has 0 radical (unpaired) electrons. The van der Waals surface area contributed by atoms with E-state index in [0.717, 1.165) is 5.56 Å². The highest BCUT2D eigenvalue weighted by molar-refractivity contribution is 9.10. The first-order valence-electron chi connectivity index (χ1n) is 5.43. The number of hydrogen-bond donors (Lipinski definition) is 1. The fourth-order valence-corrected chi connectivity index (χ4v) is 3.93. The summed E-state index contributed by atoms with van der Waals surface area (Å²) in [6, 6.07) is 11.6. The summed E-state index contributed by atoms with van der Waals surface area (Å²) in [5.74, 6) is 0. The van der Waals surface area contributed by atoms with E-state index in [2.05, 4.69) is 20.7 Å². The van der Waals surface area contributed by atoms with E-state index in [1.165, 1.54) is 0 Å². The van der Waals surface area contributed by atoms with Crippen LogP contribution in [0.3, 0.4) is 0 Å². The molecule has 0 spiro atoms. The van der Waals surface area contributed by atoms with Gasteiger partial charge in [0, 0.05) is 15.2 Å². The van der Waals surface area contributed by atoms with Gasteiger partial charge in [0.05, 0.1) is 0 Å². The molecule has 19 heavy (non-hydrogen) atoms. The standard InChI is InChI=1S/C13H11BrClNO2S/c1-9-2-7-13(12(14)8-9)19(17,18)16-11-5-3-10(15)4-6-11/h2-8,16H,1H3. The third kappa shape index (κ3) is 3.49. The lowest BCUT2D eigenvalue weighted by Crippen LogP contribution is -2.13. The normalized spacial score (nSPS) is 11.3. The van der Waals surface area contributed by atoms with Gasteiger partial charge < -0.3 is 0 Å². The summed E-state index contributed by atoms with van der Waals surface area (Å²) in [6.45, 7) is 1.90. The van der Waals surface area contributed by atoms with E-state index >= 15 is 0 Å². The molecule has 2 rings (SSSR count). The van der Waals surface area contributed by atoms with Gasteiger partial charge in [0.15, 0.2) is 0 Å².